The van der Waals surface area contributed by atoms with Crippen LogP contribution in [-0.4, -0.2) is 18.6 Å². The van der Waals surface area contributed by atoms with E-state index in [0.29, 0.717) is 12.5 Å². The molecule has 0 unspecified atom stereocenters. The summed E-state index contributed by atoms with van der Waals surface area (Å²) in [4.78, 5) is 11.5. The van der Waals surface area contributed by atoms with Gasteiger partial charge in [0.15, 0.2) is 0 Å². The highest BCUT2D eigenvalue weighted by Gasteiger charge is 2.22. The standard InChI is InChI=1S/C15H22N2O2/c1-10-3-6-13(8-17-15(18)11(2)16)14(7-10)19-9-12-4-5-12/h3,6-7,11-12H,4-5,8-9,16H2,1-2H3,(H,17,18)/t11-/m1/s1. The number of carbonyl (C=O) groups excluding carboxylic acids is 1. The number of carbonyl (C=O) groups is 1. The molecule has 1 saturated carbocycles. The number of aryl methyl sites for hydroxylation is 1. The third-order valence-corrected chi connectivity index (χ3v) is 3.26. The van der Waals surface area contributed by atoms with E-state index in [1.54, 1.807) is 6.92 Å². The van der Waals surface area contributed by atoms with Gasteiger partial charge in [-0.3, -0.25) is 4.79 Å². The Morgan fingerprint density at radius 2 is 2.26 bits per heavy atom. The monoisotopic (exact) mass is 262 g/mol. The molecule has 0 heterocycles. The van der Waals surface area contributed by atoms with Gasteiger partial charge in [0.1, 0.15) is 5.75 Å². The summed E-state index contributed by atoms with van der Waals surface area (Å²) in [6.07, 6.45) is 2.53. The third-order valence-electron chi connectivity index (χ3n) is 3.26. The Morgan fingerprint density at radius 3 is 2.89 bits per heavy atom. The normalized spacial score (nSPS) is 15.9. The number of hydrogen-bond donors (Lipinski definition) is 2. The van der Waals surface area contributed by atoms with Gasteiger partial charge in [0.2, 0.25) is 5.91 Å². The molecular formula is C15H22N2O2. The smallest absolute Gasteiger partial charge is 0.236 e. The van der Waals surface area contributed by atoms with Crippen molar-refractivity contribution in [3.63, 3.8) is 0 Å². The predicted octanol–water partition coefficient (Wildman–Crippen LogP) is 1.75. The minimum atomic E-state index is -0.485. The second-order valence-corrected chi connectivity index (χ2v) is 5.37. The topological polar surface area (TPSA) is 64.4 Å². The first-order valence-corrected chi connectivity index (χ1v) is 6.82. The van der Waals surface area contributed by atoms with E-state index in [1.165, 1.54) is 12.8 Å². The number of nitrogens with two attached hydrogens (primary N) is 1. The summed E-state index contributed by atoms with van der Waals surface area (Å²) in [5.41, 5.74) is 7.69. The number of hydrogen-bond acceptors (Lipinski definition) is 3. The Kier molecular flexibility index (Phi) is 4.43. The van der Waals surface area contributed by atoms with E-state index in [-0.39, 0.29) is 5.91 Å². The number of amides is 1. The van der Waals surface area contributed by atoms with Crippen LogP contribution in [0.4, 0.5) is 0 Å². The first-order chi connectivity index (χ1) is 9.06. The second-order valence-electron chi connectivity index (χ2n) is 5.37. The molecule has 0 saturated heterocycles. The molecule has 0 aliphatic heterocycles. The molecule has 3 N–H and O–H groups in total. The minimum absolute atomic E-state index is 0.145. The van der Waals surface area contributed by atoms with Gasteiger partial charge in [-0.05, 0) is 44.2 Å². The lowest BCUT2D eigenvalue weighted by Gasteiger charge is -2.14. The molecule has 0 spiro atoms. The summed E-state index contributed by atoms with van der Waals surface area (Å²) in [7, 11) is 0. The van der Waals surface area contributed by atoms with E-state index in [4.69, 9.17) is 10.5 Å². The fourth-order valence-corrected chi connectivity index (χ4v) is 1.78. The van der Waals surface area contributed by atoms with Crippen molar-refractivity contribution in [3.8, 4) is 5.75 Å². The molecule has 104 valence electrons. The zero-order valence-corrected chi connectivity index (χ0v) is 11.6. The van der Waals surface area contributed by atoms with Crippen molar-refractivity contribution in [2.45, 2.75) is 39.3 Å². The van der Waals surface area contributed by atoms with Crippen LogP contribution in [0.5, 0.6) is 5.75 Å². The average Bonchev–Trinajstić information content (AvgIpc) is 3.18. The van der Waals surface area contributed by atoms with Crippen LogP contribution in [0.25, 0.3) is 0 Å². The molecule has 1 atom stereocenters. The number of nitrogens with one attached hydrogen (secondary N) is 1. The molecule has 1 aliphatic rings. The van der Waals surface area contributed by atoms with Gasteiger partial charge in [-0.1, -0.05) is 12.1 Å². The Bertz CT molecular complexity index is 453. The van der Waals surface area contributed by atoms with Crippen molar-refractivity contribution in [1.29, 1.82) is 0 Å². The lowest BCUT2D eigenvalue weighted by molar-refractivity contribution is -0.122. The quantitative estimate of drug-likeness (QED) is 0.821. The predicted molar refractivity (Wildman–Crippen MR) is 74.9 cm³/mol. The van der Waals surface area contributed by atoms with Gasteiger partial charge in [0.25, 0.3) is 0 Å². The molecule has 2 rings (SSSR count). The third kappa shape index (κ3) is 4.24. The Labute approximate surface area is 114 Å². The largest absolute Gasteiger partial charge is 0.493 e. The van der Waals surface area contributed by atoms with Crippen LogP contribution in [0, 0.1) is 12.8 Å². The van der Waals surface area contributed by atoms with Crippen LogP contribution in [-0.2, 0) is 11.3 Å². The minimum Gasteiger partial charge on any atom is -0.493 e. The van der Waals surface area contributed by atoms with Crippen molar-refractivity contribution in [2.24, 2.45) is 11.7 Å². The van der Waals surface area contributed by atoms with Crippen LogP contribution >= 0.6 is 0 Å². The molecule has 0 radical (unpaired) electrons. The molecule has 4 nitrogen and oxygen atoms in total. The van der Waals surface area contributed by atoms with Gasteiger partial charge in [0.05, 0.1) is 12.6 Å². The zero-order chi connectivity index (χ0) is 13.8. The Balaban J connectivity index is 1.98. The van der Waals surface area contributed by atoms with Crippen molar-refractivity contribution in [1.82, 2.24) is 5.32 Å². The van der Waals surface area contributed by atoms with Gasteiger partial charge < -0.3 is 15.8 Å². The van der Waals surface area contributed by atoms with Crippen LogP contribution in [0.2, 0.25) is 0 Å². The summed E-state index contributed by atoms with van der Waals surface area (Å²) in [6, 6.07) is 5.56. The van der Waals surface area contributed by atoms with Crippen LogP contribution in [0.1, 0.15) is 30.9 Å². The van der Waals surface area contributed by atoms with Crippen molar-refractivity contribution in [2.75, 3.05) is 6.61 Å². The highest BCUT2D eigenvalue weighted by Crippen LogP contribution is 2.30. The van der Waals surface area contributed by atoms with Crippen molar-refractivity contribution < 1.29 is 9.53 Å². The number of benzene rings is 1. The molecule has 1 aromatic rings. The molecule has 4 heteroatoms. The average molecular weight is 262 g/mol. The number of rotatable bonds is 6. The molecule has 1 aromatic carbocycles. The lowest BCUT2D eigenvalue weighted by atomic mass is 10.1. The summed E-state index contributed by atoms with van der Waals surface area (Å²) < 4.78 is 5.85. The van der Waals surface area contributed by atoms with Gasteiger partial charge in [-0.15, -0.1) is 0 Å². The molecular weight excluding hydrogens is 240 g/mol. The molecule has 0 bridgehead atoms. The van der Waals surface area contributed by atoms with E-state index in [9.17, 15) is 4.79 Å². The maximum Gasteiger partial charge on any atom is 0.236 e. The van der Waals surface area contributed by atoms with Crippen molar-refractivity contribution >= 4 is 5.91 Å². The van der Waals surface area contributed by atoms with Gasteiger partial charge >= 0.3 is 0 Å². The summed E-state index contributed by atoms with van der Waals surface area (Å²) >= 11 is 0. The van der Waals surface area contributed by atoms with Gasteiger partial charge in [-0.2, -0.15) is 0 Å². The van der Waals surface area contributed by atoms with Crippen molar-refractivity contribution in [3.05, 3.63) is 29.3 Å². The summed E-state index contributed by atoms with van der Waals surface area (Å²) in [5, 5.41) is 2.82. The van der Waals surface area contributed by atoms with Crippen LogP contribution in [0.15, 0.2) is 18.2 Å². The van der Waals surface area contributed by atoms with E-state index < -0.39 is 6.04 Å². The van der Waals surface area contributed by atoms with E-state index in [0.717, 1.165) is 23.5 Å². The Morgan fingerprint density at radius 1 is 1.53 bits per heavy atom. The lowest BCUT2D eigenvalue weighted by Crippen LogP contribution is -2.37. The first kappa shape index (κ1) is 13.9. The van der Waals surface area contributed by atoms with E-state index in [1.807, 2.05) is 25.1 Å². The van der Waals surface area contributed by atoms with E-state index >= 15 is 0 Å². The maximum absolute atomic E-state index is 11.5. The van der Waals surface area contributed by atoms with Crippen LogP contribution < -0.4 is 15.8 Å². The Hall–Kier alpha value is -1.55. The SMILES string of the molecule is Cc1ccc(CNC(=O)[C@@H](C)N)c(OCC2CC2)c1. The van der Waals surface area contributed by atoms with E-state index in [2.05, 4.69) is 5.32 Å². The maximum atomic E-state index is 11.5. The second kappa shape index (κ2) is 6.06. The fraction of sp³-hybridized carbons (Fsp3) is 0.533. The first-order valence-electron chi connectivity index (χ1n) is 6.82. The van der Waals surface area contributed by atoms with Gasteiger partial charge in [0, 0.05) is 12.1 Å². The molecule has 1 amide bonds. The molecule has 1 aliphatic carbocycles. The fourth-order valence-electron chi connectivity index (χ4n) is 1.78. The molecule has 1 fully saturated rings. The van der Waals surface area contributed by atoms with Crippen LogP contribution in [0.3, 0.4) is 0 Å². The summed E-state index contributed by atoms with van der Waals surface area (Å²) in [6.45, 7) is 4.95. The molecule has 0 aromatic heterocycles. The van der Waals surface area contributed by atoms with Gasteiger partial charge in [-0.25, -0.2) is 0 Å². The highest BCUT2D eigenvalue weighted by atomic mass is 16.5. The summed E-state index contributed by atoms with van der Waals surface area (Å²) in [5.74, 6) is 1.44. The highest BCUT2D eigenvalue weighted by molar-refractivity contribution is 5.80. The zero-order valence-electron chi connectivity index (χ0n) is 11.6. The molecule has 19 heavy (non-hydrogen) atoms. The number of ether oxygens (including phenoxy) is 1.